The Bertz CT molecular complexity index is 1280. The summed E-state index contributed by atoms with van der Waals surface area (Å²) in [6.07, 6.45) is 1.18. The monoisotopic (exact) mass is 458 g/mol. The highest BCUT2D eigenvalue weighted by atomic mass is 16.3. The molecule has 2 aromatic carbocycles. The predicted octanol–water partition coefficient (Wildman–Crippen LogP) is 1.57. The van der Waals surface area contributed by atoms with E-state index in [1.807, 2.05) is 37.3 Å². The number of H-pyrrole nitrogens is 1. The molecule has 2 aromatic heterocycles. The van der Waals surface area contributed by atoms with Crippen LogP contribution in [-0.2, 0) is 13.2 Å². The summed E-state index contributed by atoms with van der Waals surface area (Å²) in [6, 6.07) is 15.7. The van der Waals surface area contributed by atoms with Gasteiger partial charge in [0.1, 0.15) is 17.7 Å². The highest BCUT2D eigenvalue weighted by Gasteiger charge is 2.16. The molecule has 0 spiro atoms. The molecule has 0 fully saturated rings. The van der Waals surface area contributed by atoms with E-state index in [1.54, 1.807) is 18.2 Å². The molecular weight excluding hydrogens is 436 g/mol. The van der Waals surface area contributed by atoms with Crippen LogP contribution in [-0.4, -0.2) is 47.5 Å². The molecule has 172 valence electrons. The van der Waals surface area contributed by atoms with E-state index in [0.29, 0.717) is 5.82 Å². The Morgan fingerprint density at radius 2 is 1.74 bits per heavy atom. The molecule has 0 saturated carbocycles. The number of carbonyl (C=O) groups is 2. The number of carbonyl (C=O) groups excluding carboxylic acids is 2. The quantitative estimate of drug-likeness (QED) is 0.310. The normalized spacial score (nSPS) is 11.6. The van der Waals surface area contributed by atoms with Gasteiger partial charge in [-0.1, -0.05) is 48.5 Å². The maximum atomic E-state index is 12.7. The average Bonchev–Trinajstić information content (AvgIpc) is 3.42. The van der Waals surface area contributed by atoms with Gasteiger partial charge in [0.15, 0.2) is 0 Å². The van der Waals surface area contributed by atoms with Gasteiger partial charge in [-0.05, 0) is 28.8 Å². The first-order valence-corrected chi connectivity index (χ1v) is 10.5. The van der Waals surface area contributed by atoms with E-state index in [1.165, 1.54) is 12.4 Å². The molecule has 2 amide bonds. The number of tetrazole rings is 1. The van der Waals surface area contributed by atoms with Gasteiger partial charge in [0.2, 0.25) is 5.82 Å². The summed E-state index contributed by atoms with van der Waals surface area (Å²) >= 11 is 0. The van der Waals surface area contributed by atoms with E-state index in [-0.39, 0.29) is 30.6 Å². The van der Waals surface area contributed by atoms with Crippen LogP contribution in [0.5, 0.6) is 0 Å². The lowest BCUT2D eigenvalue weighted by molar-refractivity contribution is 0.0934. The third-order valence-corrected chi connectivity index (χ3v) is 5.12. The third-order valence-electron chi connectivity index (χ3n) is 5.12. The number of hydrogen-bond acceptors (Lipinski definition) is 8. The van der Waals surface area contributed by atoms with Crippen LogP contribution in [0, 0.1) is 0 Å². The summed E-state index contributed by atoms with van der Waals surface area (Å²) in [5.41, 5.74) is 3.42. The number of nitrogens with zero attached hydrogens (tertiary/aromatic N) is 5. The molecule has 2 heterocycles. The van der Waals surface area contributed by atoms with Crippen molar-refractivity contribution in [3.8, 4) is 11.4 Å². The van der Waals surface area contributed by atoms with Gasteiger partial charge in [-0.25, -0.2) is 9.97 Å². The second kappa shape index (κ2) is 10.4. The number of aromatic amines is 1. The minimum Gasteiger partial charge on any atom is -0.392 e. The zero-order valence-electron chi connectivity index (χ0n) is 18.3. The van der Waals surface area contributed by atoms with Gasteiger partial charge in [-0.3, -0.25) is 9.59 Å². The van der Waals surface area contributed by atoms with E-state index in [0.717, 1.165) is 22.3 Å². The van der Waals surface area contributed by atoms with E-state index < -0.39 is 11.8 Å². The van der Waals surface area contributed by atoms with Crippen LogP contribution in [0.3, 0.4) is 0 Å². The highest BCUT2D eigenvalue weighted by molar-refractivity contribution is 5.97. The topological polar surface area (TPSA) is 159 Å². The Morgan fingerprint density at radius 3 is 2.44 bits per heavy atom. The molecule has 0 radical (unpaired) electrons. The van der Waals surface area contributed by atoms with Crippen LogP contribution in [0.1, 0.15) is 50.6 Å². The minimum atomic E-state index is -0.434. The highest BCUT2D eigenvalue weighted by Crippen LogP contribution is 2.18. The van der Waals surface area contributed by atoms with Crippen molar-refractivity contribution in [1.29, 1.82) is 0 Å². The second-order valence-corrected chi connectivity index (χ2v) is 7.50. The molecule has 4 N–H and O–H groups in total. The van der Waals surface area contributed by atoms with Crippen molar-refractivity contribution < 1.29 is 14.7 Å². The molecule has 0 bridgehead atoms. The van der Waals surface area contributed by atoms with Gasteiger partial charge in [0, 0.05) is 18.2 Å². The molecule has 0 aliphatic heterocycles. The molecule has 11 heteroatoms. The van der Waals surface area contributed by atoms with Crippen LogP contribution in [0.15, 0.2) is 60.9 Å². The number of nitrogens with one attached hydrogen (secondary N) is 3. The summed E-state index contributed by atoms with van der Waals surface area (Å²) in [4.78, 5) is 33.2. The van der Waals surface area contributed by atoms with Crippen molar-refractivity contribution >= 4 is 11.8 Å². The molecule has 0 aliphatic rings. The van der Waals surface area contributed by atoms with E-state index in [9.17, 15) is 14.7 Å². The summed E-state index contributed by atoms with van der Waals surface area (Å²) < 4.78 is 0. The van der Waals surface area contributed by atoms with E-state index in [2.05, 4.69) is 41.2 Å². The Morgan fingerprint density at radius 1 is 1.00 bits per heavy atom. The molecule has 4 rings (SSSR count). The summed E-state index contributed by atoms with van der Waals surface area (Å²) in [7, 11) is 0. The smallest absolute Gasteiger partial charge is 0.270 e. The van der Waals surface area contributed by atoms with Gasteiger partial charge in [0.05, 0.1) is 12.6 Å². The fourth-order valence-corrected chi connectivity index (χ4v) is 3.28. The number of rotatable bonds is 8. The van der Waals surface area contributed by atoms with Gasteiger partial charge >= 0.3 is 0 Å². The lowest BCUT2D eigenvalue weighted by Crippen LogP contribution is -2.29. The van der Waals surface area contributed by atoms with E-state index >= 15 is 0 Å². The first kappa shape index (κ1) is 22.7. The molecule has 34 heavy (non-hydrogen) atoms. The van der Waals surface area contributed by atoms with Crippen molar-refractivity contribution in [2.75, 3.05) is 0 Å². The van der Waals surface area contributed by atoms with Gasteiger partial charge < -0.3 is 15.7 Å². The molecule has 0 aliphatic carbocycles. The molecule has 0 saturated heterocycles. The van der Waals surface area contributed by atoms with Gasteiger partial charge in [0.25, 0.3) is 11.8 Å². The molecular formula is C23H22N8O3. The predicted molar refractivity (Wildman–Crippen MR) is 121 cm³/mol. The zero-order chi connectivity index (χ0) is 23.9. The number of benzene rings is 2. The van der Waals surface area contributed by atoms with Crippen molar-refractivity contribution in [3.05, 3.63) is 89.0 Å². The van der Waals surface area contributed by atoms with Crippen LogP contribution >= 0.6 is 0 Å². The molecule has 4 aromatic rings. The molecule has 0 unspecified atom stereocenters. The van der Waals surface area contributed by atoms with Crippen molar-refractivity contribution in [3.63, 3.8) is 0 Å². The van der Waals surface area contributed by atoms with Crippen LogP contribution < -0.4 is 10.6 Å². The summed E-state index contributed by atoms with van der Waals surface area (Å²) in [6.45, 7) is 2.03. The Hall–Kier alpha value is -4.51. The van der Waals surface area contributed by atoms with Crippen LogP contribution in [0.25, 0.3) is 11.4 Å². The lowest BCUT2D eigenvalue weighted by atomic mass is 10.1. The van der Waals surface area contributed by atoms with Gasteiger partial charge in [-0.2, -0.15) is 5.21 Å². The van der Waals surface area contributed by atoms with Crippen molar-refractivity contribution in [1.82, 2.24) is 41.2 Å². The average molecular weight is 458 g/mol. The molecule has 11 nitrogen and oxygen atoms in total. The number of amides is 2. The van der Waals surface area contributed by atoms with Crippen LogP contribution in [0.4, 0.5) is 0 Å². The lowest BCUT2D eigenvalue weighted by Gasteiger charge is -2.14. The number of aliphatic hydroxyl groups is 1. The summed E-state index contributed by atoms with van der Waals surface area (Å²) in [5.74, 6) is -0.381. The zero-order valence-corrected chi connectivity index (χ0v) is 18.3. The second-order valence-electron chi connectivity index (χ2n) is 7.50. The van der Waals surface area contributed by atoms with Gasteiger partial charge in [-0.15, -0.1) is 10.2 Å². The fourth-order valence-electron chi connectivity index (χ4n) is 3.28. The Kier molecular flexibility index (Phi) is 6.94. The van der Waals surface area contributed by atoms with Crippen LogP contribution in [0.2, 0.25) is 0 Å². The minimum absolute atomic E-state index is 0.0759. The molecule has 1 atom stereocenters. The Labute approximate surface area is 194 Å². The fraction of sp³-hybridized carbons (Fsp3) is 0.174. The maximum absolute atomic E-state index is 12.7. The number of aliphatic hydroxyl groups excluding tert-OH is 1. The first-order valence-electron chi connectivity index (χ1n) is 10.5. The van der Waals surface area contributed by atoms with Crippen molar-refractivity contribution in [2.24, 2.45) is 0 Å². The number of aromatic nitrogens is 6. The summed E-state index contributed by atoms with van der Waals surface area (Å²) in [5, 5.41) is 28.7. The standard InChI is InChI=1S/C23H22N8O3/c1-14(17-5-7-18(8-6-17)21-28-30-31-29-21)27-23(34)20-10-19(25-13-26-20)22(33)24-11-15-3-2-4-16(9-15)12-32/h2-10,13-14,32H,11-12H2,1H3,(H,24,33)(H,27,34)(H,28,29,30,31)/t14-/m0/s1. The SMILES string of the molecule is C[C@H](NC(=O)c1cc(C(=O)NCc2cccc(CO)c2)ncn1)c1ccc(-c2nn[nH]n2)cc1. The maximum Gasteiger partial charge on any atom is 0.270 e. The number of hydrogen-bond donors (Lipinski definition) is 4. The Balaban J connectivity index is 1.37. The largest absolute Gasteiger partial charge is 0.392 e. The van der Waals surface area contributed by atoms with E-state index in [4.69, 9.17) is 0 Å². The van der Waals surface area contributed by atoms with Crippen molar-refractivity contribution in [2.45, 2.75) is 26.1 Å². The first-order chi connectivity index (χ1) is 16.5. The third kappa shape index (κ3) is 5.45.